The molecule has 0 spiro atoms. The maximum Gasteiger partial charge on any atom is 0.357 e. The highest BCUT2D eigenvalue weighted by Crippen LogP contribution is 2.35. The van der Waals surface area contributed by atoms with Gasteiger partial charge in [0.25, 0.3) is 0 Å². The van der Waals surface area contributed by atoms with Crippen LogP contribution in [0.15, 0.2) is 13.4 Å². The SMILES string of the molecule is CCCCSc1sc2c(=O)oc(C)nc2c1C#N. The third-order valence-corrected chi connectivity index (χ3v) is 4.90. The van der Waals surface area contributed by atoms with Gasteiger partial charge in [-0.1, -0.05) is 13.3 Å². The van der Waals surface area contributed by atoms with Crippen molar-refractivity contribution in [3.05, 3.63) is 21.9 Å². The molecule has 0 bridgehead atoms. The lowest BCUT2D eigenvalue weighted by Crippen LogP contribution is -2.00. The van der Waals surface area contributed by atoms with E-state index in [0.717, 1.165) is 22.8 Å². The van der Waals surface area contributed by atoms with Crippen LogP contribution in [0, 0.1) is 18.3 Å². The normalized spacial score (nSPS) is 10.7. The molecule has 0 aromatic carbocycles. The van der Waals surface area contributed by atoms with Crippen molar-refractivity contribution in [3.8, 4) is 6.07 Å². The van der Waals surface area contributed by atoms with E-state index in [0.29, 0.717) is 21.7 Å². The van der Waals surface area contributed by atoms with E-state index in [-0.39, 0.29) is 0 Å². The number of fused-ring (bicyclic) bond motifs is 1. The summed E-state index contributed by atoms with van der Waals surface area (Å²) in [7, 11) is 0. The quantitative estimate of drug-likeness (QED) is 0.635. The van der Waals surface area contributed by atoms with Crippen LogP contribution in [0.2, 0.25) is 0 Å². The molecule has 2 aromatic heterocycles. The zero-order valence-corrected chi connectivity index (χ0v) is 11.8. The van der Waals surface area contributed by atoms with Crippen LogP contribution < -0.4 is 5.63 Å². The third-order valence-electron chi connectivity index (χ3n) is 2.39. The van der Waals surface area contributed by atoms with Crippen molar-refractivity contribution >= 4 is 33.3 Å². The fourth-order valence-corrected chi connectivity index (χ4v) is 3.96. The van der Waals surface area contributed by atoms with Gasteiger partial charge in [-0.25, -0.2) is 9.78 Å². The Morgan fingerprint density at radius 3 is 3.00 bits per heavy atom. The number of rotatable bonds is 4. The Bertz CT molecular complexity index is 667. The van der Waals surface area contributed by atoms with Crippen LogP contribution in [0.4, 0.5) is 0 Å². The van der Waals surface area contributed by atoms with Crippen molar-refractivity contribution in [2.24, 2.45) is 0 Å². The molecule has 0 radical (unpaired) electrons. The van der Waals surface area contributed by atoms with E-state index in [9.17, 15) is 10.1 Å². The second-order valence-corrected chi connectivity index (χ2v) is 6.16. The monoisotopic (exact) mass is 280 g/mol. The van der Waals surface area contributed by atoms with E-state index in [1.165, 1.54) is 11.3 Å². The van der Waals surface area contributed by atoms with E-state index in [1.54, 1.807) is 18.7 Å². The fraction of sp³-hybridized carbons (Fsp3) is 0.417. The van der Waals surface area contributed by atoms with Gasteiger partial charge in [-0.3, -0.25) is 0 Å². The first kappa shape index (κ1) is 13.1. The summed E-state index contributed by atoms with van der Waals surface area (Å²) in [4.78, 5) is 15.9. The lowest BCUT2D eigenvalue weighted by Gasteiger charge is -1.96. The largest absolute Gasteiger partial charge is 0.408 e. The topological polar surface area (TPSA) is 66.9 Å². The van der Waals surface area contributed by atoms with Crippen molar-refractivity contribution in [2.75, 3.05) is 5.75 Å². The van der Waals surface area contributed by atoms with Gasteiger partial charge < -0.3 is 4.42 Å². The van der Waals surface area contributed by atoms with Crippen molar-refractivity contribution in [2.45, 2.75) is 30.9 Å². The van der Waals surface area contributed by atoms with E-state index >= 15 is 0 Å². The number of thiophene rings is 1. The van der Waals surface area contributed by atoms with Crippen LogP contribution in [0.1, 0.15) is 31.2 Å². The molecular weight excluding hydrogens is 268 g/mol. The minimum absolute atomic E-state index is 0.298. The highest BCUT2D eigenvalue weighted by molar-refractivity contribution is 8.01. The standard InChI is InChI=1S/C12H12N2O2S2/c1-3-4-5-17-12-8(6-13)9-10(18-12)11(15)16-7(2)14-9/h3-5H2,1-2H3. The van der Waals surface area contributed by atoms with Gasteiger partial charge in [-0.2, -0.15) is 5.26 Å². The maximum atomic E-state index is 11.7. The van der Waals surface area contributed by atoms with Crippen LogP contribution in [0.5, 0.6) is 0 Å². The van der Waals surface area contributed by atoms with Gasteiger partial charge in [0.05, 0.1) is 4.21 Å². The van der Waals surface area contributed by atoms with Crippen LogP contribution in [-0.2, 0) is 0 Å². The molecule has 4 nitrogen and oxygen atoms in total. The smallest absolute Gasteiger partial charge is 0.357 e. The molecule has 0 unspecified atom stereocenters. The van der Waals surface area contributed by atoms with Gasteiger partial charge in [0.15, 0.2) is 5.89 Å². The zero-order valence-electron chi connectivity index (χ0n) is 10.1. The lowest BCUT2D eigenvalue weighted by molar-refractivity contribution is 0.468. The Morgan fingerprint density at radius 2 is 2.33 bits per heavy atom. The predicted octanol–water partition coefficient (Wildman–Crippen LogP) is 3.32. The highest BCUT2D eigenvalue weighted by atomic mass is 32.2. The molecule has 0 aliphatic carbocycles. The molecule has 6 heteroatoms. The molecule has 0 amide bonds. The van der Waals surface area contributed by atoms with E-state index in [2.05, 4.69) is 18.0 Å². The van der Waals surface area contributed by atoms with E-state index in [4.69, 9.17) is 4.42 Å². The first-order valence-electron chi connectivity index (χ1n) is 5.64. The Kier molecular flexibility index (Phi) is 4.04. The number of hydrogen-bond acceptors (Lipinski definition) is 6. The highest BCUT2D eigenvalue weighted by Gasteiger charge is 2.17. The van der Waals surface area contributed by atoms with Gasteiger partial charge in [-0.15, -0.1) is 23.1 Å². The minimum atomic E-state index is -0.402. The Labute approximate surface area is 113 Å². The Balaban J connectivity index is 2.52. The molecule has 2 heterocycles. The van der Waals surface area contributed by atoms with Gasteiger partial charge in [-0.05, 0) is 12.2 Å². The molecule has 94 valence electrons. The average Bonchev–Trinajstić information content (AvgIpc) is 2.67. The lowest BCUT2D eigenvalue weighted by atomic mass is 10.3. The van der Waals surface area contributed by atoms with Crippen LogP contribution in [0.3, 0.4) is 0 Å². The Morgan fingerprint density at radius 1 is 1.56 bits per heavy atom. The molecule has 0 atom stereocenters. The number of unbranched alkanes of at least 4 members (excludes halogenated alkanes) is 1. The molecule has 0 N–H and O–H groups in total. The van der Waals surface area contributed by atoms with Crippen LogP contribution in [-0.4, -0.2) is 10.7 Å². The summed E-state index contributed by atoms with van der Waals surface area (Å²) in [5, 5.41) is 9.21. The fourth-order valence-electron chi connectivity index (χ4n) is 1.52. The van der Waals surface area contributed by atoms with E-state index < -0.39 is 5.63 Å². The van der Waals surface area contributed by atoms with Gasteiger partial charge >= 0.3 is 5.63 Å². The summed E-state index contributed by atoms with van der Waals surface area (Å²) in [6, 6.07) is 2.15. The summed E-state index contributed by atoms with van der Waals surface area (Å²) in [5.74, 6) is 1.24. The van der Waals surface area contributed by atoms with E-state index in [1.807, 2.05) is 0 Å². The van der Waals surface area contributed by atoms with Crippen molar-refractivity contribution in [1.82, 2.24) is 4.98 Å². The number of thioether (sulfide) groups is 1. The average molecular weight is 280 g/mol. The number of aromatic nitrogens is 1. The van der Waals surface area contributed by atoms with Crippen molar-refractivity contribution < 1.29 is 4.42 Å². The third kappa shape index (κ3) is 2.42. The number of aryl methyl sites for hydroxylation is 1. The first-order valence-corrected chi connectivity index (χ1v) is 7.44. The Hall–Kier alpha value is -1.32. The maximum absolute atomic E-state index is 11.7. The van der Waals surface area contributed by atoms with Gasteiger partial charge in [0, 0.05) is 6.92 Å². The molecular formula is C12H12N2O2S2. The van der Waals surface area contributed by atoms with Crippen LogP contribution in [0.25, 0.3) is 10.2 Å². The minimum Gasteiger partial charge on any atom is -0.408 e. The summed E-state index contributed by atoms with van der Waals surface area (Å²) in [6.07, 6.45) is 2.20. The molecule has 2 rings (SSSR count). The number of nitriles is 1. The van der Waals surface area contributed by atoms with Gasteiger partial charge in [0.1, 0.15) is 21.8 Å². The molecule has 0 saturated carbocycles. The molecule has 0 aliphatic rings. The second-order valence-electron chi connectivity index (χ2n) is 3.78. The molecule has 0 aliphatic heterocycles. The molecule has 2 aromatic rings. The molecule has 0 fully saturated rings. The summed E-state index contributed by atoms with van der Waals surface area (Å²) in [6.45, 7) is 3.74. The van der Waals surface area contributed by atoms with Crippen LogP contribution >= 0.6 is 23.1 Å². The van der Waals surface area contributed by atoms with Crippen molar-refractivity contribution in [1.29, 1.82) is 5.26 Å². The zero-order chi connectivity index (χ0) is 13.1. The first-order chi connectivity index (χ1) is 8.67. The van der Waals surface area contributed by atoms with Crippen molar-refractivity contribution in [3.63, 3.8) is 0 Å². The van der Waals surface area contributed by atoms with Gasteiger partial charge in [0.2, 0.25) is 0 Å². The molecule has 0 saturated heterocycles. The number of hydrogen-bond donors (Lipinski definition) is 0. The summed E-state index contributed by atoms with van der Waals surface area (Å²) < 4.78 is 6.26. The predicted molar refractivity (Wildman–Crippen MR) is 73.2 cm³/mol. The second kappa shape index (κ2) is 5.55. The summed E-state index contributed by atoms with van der Waals surface area (Å²) in [5.41, 5.74) is 0.587. The number of nitrogens with zero attached hydrogens (tertiary/aromatic N) is 2. The molecule has 18 heavy (non-hydrogen) atoms. The summed E-state index contributed by atoms with van der Waals surface area (Å²) >= 11 is 2.92.